The molecule has 0 aromatic heterocycles. The first-order chi connectivity index (χ1) is 8.78. The highest BCUT2D eigenvalue weighted by Crippen LogP contribution is 2.40. The third-order valence-corrected chi connectivity index (χ3v) is 5.40. The molecule has 3 fully saturated rings. The lowest BCUT2D eigenvalue weighted by molar-refractivity contribution is -0.138. The van der Waals surface area contributed by atoms with Crippen LogP contribution in [-0.4, -0.2) is 29.9 Å². The molecule has 3 heteroatoms. The molecule has 3 nitrogen and oxygen atoms in total. The third-order valence-electron chi connectivity index (χ3n) is 5.40. The molecule has 2 saturated carbocycles. The highest BCUT2D eigenvalue weighted by Gasteiger charge is 2.42. The van der Waals surface area contributed by atoms with Crippen molar-refractivity contribution in [2.45, 2.75) is 57.4 Å². The fourth-order valence-electron chi connectivity index (χ4n) is 4.44. The van der Waals surface area contributed by atoms with E-state index in [0.29, 0.717) is 23.8 Å². The number of piperidine rings is 1. The molecule has 2 bridgehead atoms. The van der Waals surface area contributed by atoms with E-state index in [2.05, 4.69) is 4.90 Å². The summed E-state index contributed by atoms with van der Waals surface area (Å²) < 4.78 is 0. The maximum absolute atomic E-state index is 12.6. The average molecular weight is 250 g/mol. The van der Waals surface area contributed by atoms with Gasteiger partial charge in [0.05, 0.1) is 0 Å². The van der Waals surface area contributed by atoms with Gasteiger partial charge in [0.25, 0.3) is 0 Å². The summed E-state index contributed by atoms with van der Waals surface area (Å²) in [5.41, 5.74) is 5.66. The van der Waals surface area contributed by atoms with E-state index in [1.165, 1.54) is 32.1 Å². The van der Waals surface area contributed by atoms with Gasteiger partial charge in [0, 0.05) is 18.5 Å². The molecule has 0 radical (unpaired) electrons. The number of hydrogen-bond donors (Lipinski definition) is 1. The molecule has 1 aliphatic heterocycles. The molecule has 2 aliphatic carbocycles. The van der Waals surface area contributed by atoms with Crippen molar-refractivity contribution in [1.29, 1.82) is 0 Å². The summed E-state index contributed by atoms with van der Waals surface area (Å²) in [4.78, 5) is 14.9. The van der Waals surface area contributed by atoms with Crippen LogP contribution >= 0.6 is 0 Å². The summed E-state index contributed by atoms with van der Waals surface area (Å²) in [5, 5.41) is 0. The van der Waals surface area contributed by atoms with Crippen molar-refractivity contribution in [2.75, 3.05) is 13.1 Å². The minimum atomic E-state index is 0.314. The first kappa shape index (κ1) is 12.5. The molecule has 102 valence electrons. The van der Waals surface area contributed by atoms with E-state index in [0.717, 1.165) is 38.3 Å². The van der Waals surface area contributed by atoms with Crippen LogP contribution in [0.4, 0.5) is 0 Å². The van der Waals surface area contributed by atoms with E-state index in [1.54, 1.807) is 0 Å². The Morgan fingerprint density at radius 2 is 2.06 bits per heavy atom. The lowest BCUT2D eigenvalue weighted by Crippen LogP contribution is -2.42. The molecule has 3 rings (SSSR count). The van der Waals surface area contributed by atoms with E-state index in [1.807, 2.05) is 0 Å². The Labute approximate surface area is 110 Å². The van der Waals surface area contributed by atoms with Crippen LogP contribution in [0.2, 0.25) is 0 Å². The molecule has 3 aliphatic rings. The lowest BCUT2D eigenvalue weighted by Gasteiger charge is -2.34. The first-order valence-electron chi connectivity index (χ1n) is 7.78. The van der Waals surface area contributed by atoms with Crippen LogP contribution in [-0.2, 0) is 4.79 Å². The topological polar surface area (TPSA) is 46.3 Å². The van der Waals surface area contributed by atoms with Crippen molar-refractivity contribution >= 4 is 5.91 Å². The molecule has 4 atom stereocenters. The maximum Gasteiger partial charge on any atom is 0.225 e. The smallest absolute Gasteiger partial charge is 0.225 e. The number of hydrogen-bond acceptors (Lipinski definition) is 2. The second-order valence-corrected chi connectivity index (χ2v) is 6.63. The summed E-state index contributed by atoms with van der Waals surface area (Å²) in [5.74, 6) is 2.32. The zero-order chi connectivity index (χ0) is 12.5. The lowest BCUT2D eigenvalue weighted by atomic mass is 9.79. The van der Waals surface area contributed by atoms with Gasteiger partial charge in [0.2, 0.25) is 5.91 Å². The number of likely N-dealkylation sites (tertiary alicyclic amines) is 1. The van der Waals surface area contributed by atoms with E-state index >= 15 is 0 Å². The number of carbonyl (C=O) groups excluding carboxylic acids is 1. The Kier molecular flexibility index (Phi) is 3.60. The molecule has 0 spiro atoms. The Bertz CT molecular complexity index is 316. The van der Waals surface area contributed by atoms with Crippen LogP contribution in [0, 0.1) is 17.8 Å². The first-order valence-corrected chi connectivity index (χ1v) is 7.78. The summed E-state index contributed by atoms with van der Waals surface area (Å²) >= 11 is 0. The molecule has 1 heterocycles. The van der Waals surface area contributed by atoms with Gasteiger partial charge in [0.1, 0.15) is 0 Å². The molecule has 0 aromatic carbocycles. The SMILES string of the molecule is NCCC1CCCC(C(=O)N2CC3CCC2C3)C1. The Morgan fingerprint density at radius 3 is 2.72 bits per heavy atom. The van der Waals surface area contributed by atoms with Crippen LogP contribution in [0.15, 0.2) is 0 Å². The van der Waals surface area contributed by atoms with E-state index < -0.39 is 0 Å². The standard InChI is InChI=1S/C15H26N2O/c16-7-6-11-2-1-3-13(8-11)15(18)17-10-12-4-5-14(17)9-12/h11-14H,1-10,16H2. The Morgan fingerprint density at radius 1 is 1.17 bits per heavy atom. The van der Waals surface area contributed by atoms with Crippen molar-refractivity contribution in [3.63, 3.8) is 0 Å². The minimum Gasteiger partial charge on any atom is -0.339 e. The van der Waals surface area contributed by atoms with Crippen molar-refractivity contribution in [1.82, 2.24) is 4.90 Å². The summed E-state index contributed by atoms with van der Waals surface area (Å²) in [6.45, 7) is 1.83. The number of amides is 1. The second-order valence-electron chi connectivity index (χ2n) is 6.63. The fraction of sp³-hybridized carbons (Fsp3) is 0.933. The van der Waals surface area contributed by atoms with E-state index in [4.69, 9.17) is 5.73 Å². The highest BCUT2D eigenvalue weighted by atomic mass is 16.2. The number of nitrogens with two attached hydrogens (primary N) is 1. The predicted molar refractivity (Wildman–Crippen MR) is 72.0 cm³/mol. The zero-order valence-electron chi connectivity index (χ0n) is 11.3. The van der Waals surface area contributed by atoms with Crippen molar-refractivity contribution in [3.8, 4) is 0 Å². The average Bonchev–Trinajstić information content (AvgIpc) is 3.01. The van der Waals surface area contributed by atoms with Gasteiger partial charge in [-0.1, -0.05) is 12.8 Å². The van der Waals surface area contributed by atoms with Gasteiger partial charge in [-0.2, -0.15) is 0 Å². The normalized spacial score (nSPS) is 39.3. The summed E-state index contributed by atoms with van der Waals surface area (Å²) in [6.07, 6.45) is 9.73. The third kappa shape index (κ3) is 2.29. The Hall–Kier alpha value is -0.570. The maximum atomic E-state index is 12.6. The monoisotopic (exact) mass is 250 g/mol. The molecule has 1 amide bonds. The molecule has 0 aromatic rings. The van der Waals surface area contributed by atoms with Crippen molar-refractivity contribution in [3.05, 3.63) is 0 Å². The van der Waals surface area contributed by atoms with Crippen LogP contribution in [0.25, 0.3) is 0 Å². The molecule has 2 N–H and O–H groups in total. The molecular weight excluding hydrogens is 224 g/mol. The van der Waals surface area contributed by atoms with Gasteiger partial charge in [0.15, 0.2) is 0 Å². The summed E-state index contributed by atoms with van der Waals surface area (Å²) in [7, 11) is 0. The quantitative estimate of drug-likeness (QED) is 0.834. The molecule has 4 unspecified atom stereocenters. The van der Waals surface area contributed by atoms with Crippen LogP contribution < -0.4 is 5.73 Å². The zero-order valence-corrected chi connectivity index (χ0v) is 11.3. The molecule has 1 saturated heterocycles. The van der Waals surface area contributed by atoms with Gasteiger partial charge in [-0.25, -0.2) is 0 Å². The van der Waals surface area contributed by atoms with Gasteiger partial charge in [-0.05, 0) is 56.9 Å². The Balaban J connectivity index is 1.58. The van der Waals surface area contributed by atoms with Crippen molar-refractivity contribution < 1.29 is 4.79 Å². The second kappa shape index (κ2) is 5.20. The van der Waals surface area contributed by atoms with Gasteiger partial charge >= 0.3 is 0 Å². The number of fused-ring (bicyclic) bond motifs is 2. The molecular formula is C15H26N2O. The van der Waals surface area contributed by atoms with Crippen LogP contribution in [0.1, 0.15) is 51.4 Å². The van der Waals surface area contributed by atoms with Crippen LogP contribution in [0.3, 0.4) is 0 Å². The van der Waals surface area contributed by atoms with Gasteiger partial charge in [-0.3, -0.25) is 4.79 Å². The number of nitrogens with zero attached hydrogens (tertiary/aromatic N) is 1. The summed E-state index contributed by atoms with van der Waals surface area (Å²) in [6, 6.07) is 0.595. The van der Waals surface area contributed by atoms with Gasteiger partial charge < -0.3 is 10.6 Å². The van der Waals surface area contributed by atoms with Crippen molar-refractivity contribution in [2.24, 2.45) is 23.5 Å². The molecule has 18 heavy (non-hydrogen) atoms. The largest absolute Gasteiger partial charge is 0.339 e. The number of rotatable bonds is 3. The van der Waals surface area contributed by atoms with Crippen LogP contribution in [0.5, 0.6) is 0 Å². The van der Waals surface area contributed by atoms with Gasteiger partial charge in [-0.15, -0.1) is 0 Å². The number of carbonyl (C=O) groups is 1. The minimum absolute atomic E-state index is 0.314. The fourth-order valence-corrected chi connectivity index (χ4v) is 4.44. The van der Waals surface area contributed by atoms with E-state index in [9.17, 15) is 4.79 Å². The highest BCUT2D eigenvalue weighted by molar-refractivity contribution is 5.79. The predicted octanol–water partition coefficient (Wildman–Crippen LogP) is 2.15. The van der Waals surface area contributed by atoms with E-state index in [-0.39, 0.29) is 0 Å².